The lowest BCUT2D eigenvalue weighted by atomic mass is 10.1. The van der Waals surface area contributed by atoms with Gasteiger partial charge in [0.1, 0.15) is 0 Å². The summed E-state index contributed by atoms with van der Waals surface area (Å²) in [4.78, 5) is 15.8. The molecular weight excluding hydrogens is 347 g/mol. The van der Waals surface area contributed by atoms with Gasteiger partial charge in [-0.15, -0.1) is 0 Å². The van der Waals surface area contributed by atoms with E-state index in [1.165, 1.54) is 6.20 Å². The first-order chi connectivity index (χ1) is 10.4. The van der Waals surface area contributed by atoms with E-state index in [2.05, 4.69) is 10.3 Å². The van der Waals surface area contributed by atoms with E-state index < -0.39 is 0 Å². The Morgan fingerprint density at radius 3 is 2.36 bits per heavy atom. The van der Waals surface area contributed by atoms with E-state index in [0.29, 0.717) is 31.9 Å². The predicted molar refractivity (Wildman–Crippen MR) is 89.3 cm³/mol. The molecule has 0 spiro atoms. The topological polar surface area (TPSA) is 51.2 Å². The van der Waals surface area contributed by atoms with Crippen LogP contribution in [0.15, 0.2) is 24.5 Å². The predicted octanol–water partition coefficient (Wildman–Crippen LogP) is 4.68. The molecule has 1 aromatic carbocycles. The van der Waals surface area contributed by atoms with E-state index >= 15 is 0 Å². The van der Waals surface area contributed by atoms with Crippen LogP contribution in [0, 0.1) is 13.8 Å². The first-order valence-corrected chi connectivity index (χ1v) is 7.51. The van der Waals surface area contributed by atoms with Crippen LogP contribution >= 0.6 is 34.8 Å². The number of amides is 1. The number of hydrogen-bond donors (Lipinski definition) is 1. The number of pyridine rings is 1. The highest BCUT2D eigenvalue weighted by atomic mass is 35.5. The fraction of sp³-hybridized carbons (Fsp3) is 0.200. The second kappa shape index (κ2) is 7.18. The summed E-state index contributed by atoms with van der Waals surface area (Å²) in [5.74, 6) is -0.0885. The average molecular weight is 360 g/mol. The molecule has 1 N–H and O–H groups in total. The van der Waals surface area contributed by atoms with Gasteiger partial charge in [0.05, 0.1) is 21.9 Å². The first kappa shape index (κ1) is 16.9. The van der Waals surface area contributed by atoms with Crippen LogP contribution in [-0.4, -0.2) is 17.5 Å². The molecule has 22 heavy (non-hydrogen) atoms. The normalized spacial score (nSPS) is 10.4. The van der Waals surface area contributed by atoms with E-state index in [1.54, 1.807) is 32.2 Å². The van der Waals surface area contributed by atoms with Gasteiger partial charge >= 0.3 is 0 Å². The van der Waals surface area contributed by atoms with Crippen LogP contribution in [0.5, 0.6) is 5.75 Å². The van der Waals surface area contributed by atoms with E-state index in [1.807, 2.05) is 0 Å². The third kappa shape index (κ3) is 3.64. The number of halogens is 3. The number of rotatable bonds is 4. The van der Waals surface area contributed by atoms with E-state index in [0.717, 1.165) is 0 Å². The van der Waals surface area contributed by atoms with Gasteiger partial charge in [-0.1, -0.05) is 34.8 Å². The minimum atomic E-state index is -0.342. The Morgan fingerprint density at radius 1 is 1.18 bits per heavy atom. The average Bonchev–Trinajstić information content (AvgIpc) is 2.52. The van der Waals surface area contributed by atoms with Crippen molar-refractivity contribution in [3.05, 3.63) is 50.7 Å². The van der Waals surface area contributed by atoms with Gasteiger partial charge in [-0.2, -0.15) is 0 Å². The molecule has 0 aliphatic carbocycles. The molecule has 0 aliphatic heterocycles. The second-order valence-corrected chi connectivity index (χ2v) is 5.73. The van der Waals surface area contributed by atoms with Crippen molar-refractivity contribution < 1.29 is 9.53 Å². The summed E-state index contributed by atoms with van der Waals surface area (Å²) in [6.07, 6.45) is 3.15. The number of anilines is 1. The molecule has 2 rings (SSSR count). The first-order valence-electron chi connectivity index (χ1n) is 6.38. The molecule has 0 saturated heterocycles. The smallest absolute Gasteiger partial charge is 0.262 e. The summed E-state index contributed by atoms with van der Waals surface area (Å²) < 4.78 is 5.46. The van der Waals surface area contributed by atoms with E-state index in [-0.39, 0.29) is 18.3 Å². The zero-order chi connectivity index (χ0) is 16.3. The van der Waals surface area contributed by atoms with Crippen LogP contribution in [0.2, 0.25) is 15.1 Å². The van der Waals surface area contributed by atoms with Crippen LogP contribution in [0.3, 0.4) is 0 Å². The van der Waals surface area contributed by atoms with E-state index in [4.69, 9.17) is 39.5 Å². The maximum absolute atomic E-state index is 11.9. The highest BCUT2D eigenvalue weighted by Crippen LogP contribution is 2.42. The molecular formula is C15H13Cl3N2O2. The molecule has 1 amide bonds. The highest BCUT2D eigenvalue weighted by Gasteiger charge is 2.18. The molecule has 0 atom stereocenters. The molecule has 1 aromatic heterocycles. The Morgan fingerprint density at radius 2 is 1.82 bits per heavy atom. The third-order valence-corrected chi connectivity index (χ3v) is 4.49. The zero-order valence-corrected chi connectivity index (χ0v) is 14.2. The van der Waals surface area contributed by atoms with Crippen LogP contribution in [0.25, 0.3) is 0 Å². The maximum Gasteiger partial charge on any atom is 0.262 e. The van der Waals surface area contributed by atoms with Gasteiger partial charge in [0.15, 0.2) is 12.4 Å². The number of carbonyl (C=O) groups excluding carboxylic acids is 1. The summed E-state index contributed by atoms with van der Waals surface area (Å²) in [7, 11) is 0. The second-order valence-electron chi connectivity index (χ2n) is 4.60. The molecule has 0 aliphatic rings. The summed E-state index contributed by atoms with van der Waals surface area (Å²) >= 11 is 18.5. The van der Waals surface area contributed by atoms with Crippen LogP contribution in [-0.2, 0) is 4.79 Å². The van der Waals surface area contributed by atoms with Crippen molar-refractivity contribution >= 4 is 46.4 Å². The van der Waals surface area contributed by atoms with Crippen molar-refractivity contribution in [2.45, 2.75) is 13.8 Å². The summed E-state index contributed by atoms with van der Waals surface area (Å²) in [5.41, 5.74) is 1.90. The minimum Gasteiger partial charge on any atom is -0.481 e. The fourth-order valence-electron chi connectivity index (χ4n) is 1.81. The lowest BCUT2D eigenvalue weighted by Gasteiger charge is -2.15. The molecule has 0 radical (unpaired) electrons. The number of nitrogens with one attached hydrogen (secondary N) is 1. The zero-order valence-electron chi connectivity index (χ0n) is 11.9. The van der Waals surface area contributed by atoms with Gasteiger partial charge in [0.25, 0.3) is 5.91 Å². The molecule has 1 heterocycles. The number of nitrogens with zero attached hydrogens (tertiary/aromatic N) is 1. The molecule has 116 valence electrons. The highest BCUT2D eigenvalue weighted by molar-refractivity contribution is 6.42. The van der Waals surface area contributed by atoms with Gasteiger partial charge in [-0.25, -0.2) is 0 Å². The fourth-order valence-corrected chi connectivity index (χ4v) is 2.63. The minimum absolute atomic E-state index is 0.227. The maximum atomic E-state index is 11.9. The number of hydrogen-bond acceptors (Lipinski definition) is 3. The number of benzene rings is 1. The molecule has 4 nitrogen and oxygen atoms in total. The molecule has 7 heteroatoms. The van der Waals surface area contributed by atoms with Gasteiger partial charge in [-0.3, -0.25) is 9.78 Å². The standard InChI is InChI=1S/C15H13Cl3N2O2/c1-8-12(16)9(2)14(18)15(13(8)17)22-7-11(21)20-10-4-3-5-19-6-10/h3-6H,7H2,1-2H3,(H,20,21). The monoisotopic (exact) mass is 358 g/mol. The Hall–Kier alpha value is -1.49. The molecule has 0 fully saturated rings. The lowest BCUT2D eigenvalue weighted by molar-refractivity contribution is -0.118. The summed E-state index contributed by atoms with van der Waals surface area (Å²) in [5, 5.41) is 3.74. The Balaban J connectivity index is 2.10. The lowest BCUT2D eigenvalue weighted by Crippen LogP contribution is -2.20. The third-order valence-electron chi connectivity index (χ3n) is 3.01. The Bertz CT molecular complexity index is 677. The largest absolute Gasteiger partial charge is 0.481 e. The number of ether oxygens (including phenoxy) is 1. The number of aromatic nitrogens is 1. The van der Waals surface area contributed by atoms with Crippen LogP contribution in [0.1, 0.15) is 11.1 Å². The van der Waals surface area contributed by atoms with Crippen molar-refractivity contribution in [2.24, 2.45) is 0 Å². The van der Waals surface area contributed by atoms with Crippen molar-refractivity contribution in [3.63, 3.8) is 0 Å². The Labute approximate surface area is 143 Å². The van der Waals surface area contributed by atoms with Crippen molar-refractivity contribution in [3.8, 4) is 5.75 Å². The Kier molecular flexibility index (Phi) is 5.51. The van der Waals surface area contributed by atoms with Gasteiger partial charge in [-0.05, 0) is 37.1 Å². The summed E-state index contributed by atoms with van der Waals surface area (Å²) in [6.45, 7) is 3.29. The van der Waals surface area contributed by atoms with Gasteiger partial charge in [0, 0.05) is 11.2 Å². The van der Waals surface area contributed by atoms with Gasteiger partial charge in [0.2, 0.25) is 0 Å². The van der Waals surface area contributed by atoms with Crippen molar-refractivity contribution in [1.82, 2.24) is 4.98 Å². The molecule has 0 saturated carbocycles. The van der Waals surface area contributed by atoms with E-state index in [9.17, 15) is 4.79 Å². The quantitative estimate of drug-likeness (QED) is 0.862. The summed E-state index contributed by atoms with van der Waals surface area (Å²) in [6, 6.07) is 3.44. The van der Waals surface area contributed by atoms with Crippen LogP contribution in [0.4, 0.5) is 5.69 Å². The SMILES string of the molecule is Cc1c(Cl)c(C)c(Cl)c(OCC(=O)Nc2cccnc2)c1Cl. The molecule has 0 bridgehead atoms. The molecule has 0 unspecified atom stereocenters. The van der Waals surface area contributed by atoms with Gasteiger partial charge < -0.3 is 10.1 Å². The molecule has 2 aromatic rings. The number of carbonyl (C=O) groups is 1. The van der Waals surface area contributed by atoms with Crippen molar-refractivity contribution in [2.75, 3.05) is 11.9 Å². The van der Waals surface area contributed by atoms with Crippen LogP contribution < -0.4 is 10.1 Å². The van der Waals surface area contributed by atoms with Crippen molar-refractivity contribution in [1.29, 1.82) is 0 Å².